The van der Waals surface area contributed by atoms with Gasteiger partial charge in [0.25, 0.3) is 0 Å². The predicted molar refractivity (Wildman–Crippen MR) is 119 cm³/mol. The number of thiazole rings is 1. The summed E-state index contributed by atoms with van der Waals surface area (Å²) in [4.78, 5) is 39.4. The van der Waals surface area contributed by atoms with Crippen molar-refractivity contribution < 1.29 is 9.59 Å². The van der Waals surface area contributed by atoms with Crippen LogP contribution in [0.1, 0.15) is 25.0 Å². The van der Waals surface area contributed by atoms with Gasteiger partial charge in [0, 0.05) is 45.5 Å². The summed E-state index contributed by atoms with van der Waals surface area (Å²) in [6.45, 7) is 6.25. The van der Waals surface area contributed by atoms with Gasteiger partial charge < -0.3 is 9.80 Å². The third kappa shape index (κ3) is 4.28. The van der Waals surface area contributed by atoms with Crippen molar-refractivity contribution in [3.8, 4) is 0 Å². The first kappa shape index (κ1) is 20.3. The number of pyridine rings is 1. The maximum absolute atomic E-state index is 13.5. The van der Waals surface area contributed by atoms with Gasteiger partial charge in [-0.2, -0.15) is 0 Å². The summed E-state index contributed by atoms with van der Waals surface area (Å²) in [5.41, 5.74) is 3.10. The fourth-order valence-corrected chi connectivity index (χ4v) is 4.59. The highest BCUT2D eigenvalue weighted by molar-refractivity contribution is 7.22. The standard InChI is InChI=1S/C22H25N5O2S/c1-3-17-6-7-19-20(13-17)30-21(24-19)27(15-18-5-4-8-23-14-18)22(29)26-11-9-25(10-12-26)16(2)28/h4-8,13-14H,3,9-12,15H2,1-2H3. The number of piperazine rings is 1. The molecule has 0 spiro atoms. The summed E-state index contributed by atoms with van der Waals surface area (Å²) in [5, 5.41) is 0.682. The van der Waals surface area contributed by atoms with E-state index in [1.165, 1.54) is 16.9 Å². The molecular weight excluding hydrogens is 398 g/mol. The Balaban J connectivity index is 1.63. The van der Waals surface area contributed by atoms with Crippen molar-refractivity contribution in [3.05, 3.63) is 53.9 Å². The van der Waals surface area contributed by atoms with E-state index in [9.17, 15) is 9.59 Å². The molecule has 1 aliphatic rings. The minimum atomic E-state index is -0.0863. The second-order valence-corrected chi connectivity index (χ2v) is 8.38. The summed E-state index contributed by atoms with van der Waals surface area (Å²) in [7, 11) is 0. The number of fused-ring (bicyclic) bond motifs is 1. The first-order valence-corrected chi connectivity index (χ1v) is 11.0. The van der Waals surface area contributed by atoms with E-state index in [1.54, 1.807) is 34.0 Å². The van der Waals surface area contributed by atoms with Crippen LogP contribution in [0.15, 0.2) is 42.7 Å². The zero-order valence-electron chi connectivity index (χ0n) is 17.2. The van der Waals surface area contributed by atoms with Crippen LogP contribution in [0.5, 0.6) is 0 Å². The average Bonchev–Trinajstić information content (AvgIpc) is 3.20. The van der Waals surface area contributed by atoms with E-state index in [0.29, 0.717) is 37.9 Å². The molecule has 0 aliphatic carbocycles. The molecule has 0 atom stereocenters. The largest absolute Gasteiger partial charge is 0.339 e. The molecule has 0 radical (unpaired) electrons. The summed E-state index contributed by atoms with van der Waals surface area (Å²) in [5.74, 6) is 0.0483. The molecule has 156 valence electrons. The molecule has 0 unspecified atom stereocenters. The fourth-order valence-electron chi connectivity index (χ4n) is 3.57. The monoisotopic (exact) mass is 423 g/mol. The third-order valence-electron chi connectivity index (χ3n) is 5.37. The molecule has 0 saturated carbocycles. The van der Waals surface area contributed by atoms with E-state index in [1.807, 2.05) is 18.2 Å². The van der Waals surface area contributed by atoms with Crippen molar-refractivity contribution in [3.63, 3.8) is 0 Å². The Morgan fingerprint density at radius 3 is 2.53 bits per heavy atom. The maximum atomic E-state index is 13.5. The van der Waals surface area contributed by atoms with E-state index >= 15 is 0 Å². The van der Waals surface area contributed by atoms with Crippen LogP contribution in [-0.2, 0) is 17.8 Å². The van der Waals surface area contributed by atoms with E-state index in [2.05, 4.69) is 24.0 Å². The highest BCUT2D eigenvalue weighted by atomic mass is 32.1. The van der Waals surface area contributed by atoms with Gasteiger partial charge in [0.1, 0.15) is 0 Å². The Morgan fingerprint density at radius 1 is 1.10 bits per heavy atom. The fraction of sp³-hybridized carbons (Fsp3) is 0.364. The molecule has 1 saturated heterocycles. The molecule has 7 nitrogen and oxygen atoms in total. The van der Waals surface area contributed by atoms with Crippen LogP contribution in [0.4, 0.5) is 9.93 Å². The zero-order valence-corrected chi connectivity index (χ0v) is 18.1. The molecule has 30 heavy (non-hydrogen) atoms. The van der Waals surface area contributed by atoms with Gasteiger partial charge in [-0.05, 0) is 35.7 Å². The number of carbonyl (C=O) groups excluding carboxylic acids is 2. The summed E-state index contributed by atoms with van der Waals surface area (Å²) < 4.78 is 1.08. The molecule has 3 amide bonds. The maximum Gasteiger partial charge on any atom is 0.326 e. The van der Waals surface area contributed by atoms with Crippen molar-refractivity contribution in [1.29, 1.82) is 0 Å². The van der Waals surface area contributed by atoms with Crippen LogP contribution in [0, 0.1) is 0 Å². The lowest BCUT2D eigenvalue weighted by molar-refractivity contribution is -0.130. The molecule has 1 aromatic carbocycles. The minimum Gasteiger partial charge on any atom is -0.339 e. The zero-order chi connectivity index (χ0) is 21.1. The van der Waals surface area contributed by atoms with E-state index in [4.69, 9.17) is 4.98 Å². The molecular formula is C22H25N5O2S. The van der Waals surface area contributed by atoms with Crippen LogP contribution in [-0.4, -0.2) is 57.9 Å². The van der Waals surface area contributed by atoms with Crippen LogP contribution < -0.4 is 4.90 Å². The van der Waals surface area contributed by atoms with Gasteiger partial charge in [0.2, 0.25) is 5.91 Å². The third-order valence-corrected chi connectivity index (χ3v) is 6.41. The number of carbonyl (C=O) groups is 2. The number of anilines is 1. The Bertz CT molecular complexity index is 1040. The molecule has 1 fully saturated rings. The smallest absolute Gasteiger partial charge is 0.326 e. The van der Waals surface area contributed by atoms with Gasteiger partial charge in [0.05, 0.1) is 16.8 Å². The van der Waals surface area contributed by atoms with Gasteiger partial charge in [0.15, 0.2) is 5.13 Å². The molecule has 0 N–H and O–H groups in total. The molecule has 1 aliphatic heterocycles. The number of aryl methyl sites for hydroxylation is 1. The molecule has 3 aromatic rings. The SMILES string of the molecule is CCc1ccc2nc(N(Cc3cccnc3)C(=O)N3CCN(C(C)=O)CC3)sc2c1. The number of hydrogen-bond donors (Lipinski definition) is 0. The van der Waals surface area contributed by atoms with E-state index in [-0.39, 0.29) is 11.9 Å². The van der Waals surface area contributed by atoms with Gasteiger partial charge in [-0.1, -0.05) is 30.4 Å². The number of urea groups is 1. The molecule has 2 aromatic heterocycles. The highest BCUT2D eigenvalue weighted by Gasteiger charge is 2.29. The van der Waals surface area contributed by atoms with Gasteiger partial charge >= 0.3 is 6.03 Å². The van der Waals surface area contributed by atoms with Crippen LogP contribution >= 0.6 is 11.3 Å². The lowest BCUT2D eigenvalue weighted by atomic mass is 10.2. The number of benzene rings is 1. The second-order valence-electron chi connectivity index (χ2n) is 7.38. The lowest BCUT2D eigenvalue weighted by Gasteiger charge is -2.36. The van der Waals surface area contributed by atoms with Gasteiger partial charge in [-0.15, -0.1) is 0 Å². The van der Waals surface area contributed by atoms with E-state index in [0.717, 1.165) is 22.2 Å². The van der Waals surface area contributed by atoms with Crippen molar-refractivity contribution in [2.24, 2.45) is 0 Å². The Kier molecular flexibility index (Phi) is 5.94. The Labute approximate surface area is 179 Å². The van der Waals surface area contributed by atoms with Crippen molar-refractivity contribution in [2.75, 3.05) is 31.1 Å². The number of rotatable bonds is 4. The molecule has 4 rings (SSSR count). The van der Waals surface area contributed by atoms with Crippen molar-refractivity contribution in [2.45, 2.75) is 26.8 Å². The number of amides is 3. The van der Waals surface area contributed by atoms with Crippen LogP contribution in [0.25, 0.3) is 10.2 Å². The molecule has 0 bridgehead atoms. The van der Waals surface area contributed by atoms with Crippen LogP contribution in [0.2, 0.25) is 0 Å². The summed E-state index contributed by atoms with van der Waals surface area (Å²) in [6, 6.07) is 10.00. The molecule has 3 heterocycles. The number of hydrogen-bond acceptors (Lipinski definition) is 5. The number of nitrogens with zero attached hydrogens (tertiary/aromatic N) is 5. The van der Waals surface area contributed by atoms with Crippen molar-refractivity contribution >= 4 is 38.6 Å². The topological polar surface area (TPSA) is 69.6 Å². The van der Waals surface area contributed by atoms with Gasteiger partial charge in [-0.25, -0.2) is 9.78 Å². The summed E-state index contributed by atoms with van der Waals surface area (Å²) in [6.07, 6.45) is 4.46. The first-order valence-electron chi connectivity index (χ1n) is 10.2. The quantitative estimate of drug-likeness (QED) is 0.644. The summed E-state index contributed by atoms with van der Waals surface area (Å²) >= 11 is 1.53. The minimum absolute atomic E-state index is 0.0483. The average molecular weight is 424 g/mol. The lowest BCUT2D eigenvalue weighted by Crippen LogP contribution is -2.53. The molecule has 8 heteroatoms. The normalized spacial score (nSPS) is 14.2. The Hall–Kier alpha value is -3.00. The second kappa shape index (κ2) is 8.79. The van der Waals surface area contributed by atoms with Crippen LogP contribution in [0.3, 0.4) is 0 Å². The number of aromatic nitrogens is 2. The van der Waals surface area contributed by atoms with E-state index < -0.39 is 0 Å². The Morgan fingerprint density at radius 2 is 1.87 bits per heavy atom. The first-order chi connectivity index (χ1) is 14.5. The highest BCUT2D eigenvalue weighted by Crippen LogP contribution is 2.31. The van der Waals surface area contributed by atoms with Crippen molar-refractivity contribution in [1.82, 2.24) is 19.8 Å². The van der Waals surface area contributed by atoms with Gasteiger partial charge in [-0.3, -0.25) is 14.7 Å². The predicted octanol–water partition coefficient (Wildman–Crippen LogP) is 3.54.